The van der Waals surface area contributed by atoms with E-state index in [9.17, 15) is 18.3 Å². The molecule has 1 aromatic heterocycles. The minimum absolute atomic E-state index is 0.00328. The molecule has 2 aromatic rings. The largest absolute Gasteiger partial charge is 0.497 e. The lowest BCUT2D eigenvalue weighted by Gasteiger charge is -2.12. The van der Waals surface area contributed by atoms with Crippen molar-refractivity contribution in [1.29, 1.82) is 0 Å². The third-order valence-electron chi connectivity index (χ3n) is 3.00. The molecule has 1 heterocycles. The summed E-state index contributed by atoms with van der Waals surface area (Å²) >= 11 is 0.973. The van der Waals surface area contributed by atoms with Crippen LogP contribution in [0.1, 0.15) is 5.82 Å². The van der Waals surface area contributed by atoms with Crippen molar-refractivity contribution in [3.8, 4) is 11.5 Å². The van der Waals surface area contributed by atoms with Crippen molar-refractivity contribution in [2.75, 3.05) is 19.5 Å². The van der Waals surface area contributed by atoms with E-state index in [-0.39, 0.29) is 17.5 Å². The smallest absolute Gasteiger partial charge is 0.451 e. The molecule has 24 heavy (non-hydrogen) atoms. The number of aromatic nitrogens is 3. The highest BCUT2D eigenvalue weighted by Gasteiger charge is 2.37. The molecule has 1 aromatic carbocycles. The van der Waals surface area contributed by atoms with Gasteiger partial charge in [0.1, 0.15) is 18.1 Å². The van der Waals surface area contributed by atoms with E-state index in [1.54, 1.807) is 31.4 Å². The fourth-order valence-electron chi connectivity index (χ4n) is 1.77. The minimum Gasteiger partial charge on any atom is -0.497 e. The number of halogens is 3. The summed E-state index contributed by atoms with van der Waals surface area (Å²) in [5.74, 6) is 0.285. The summed E-state index contributed by atoms with van der Waals surface area (Å²) in [4.78, 5) is 0. The predicted octanol–water partition coefficient (Wildman–Crippen LogP) is 2.37. The molecule has 0 saturated carbocycles. The van der Waals surface area contributed by atoms with E-state index in [4.69, 9.17) is 9.47 Å². The monoisotopic (exact) mass is 363 g/mol. The molecule has 2 rings (SSSR count). The molecule has 132 valence electrons. The van der Waals surface area contributed by atoms with Crippen LogP contribution >= 0.6 is 11.8 Å². The third kappa shape index (κ3) is 4.78. The van der Waals surface area contributed by atoms with Crippen LogP contribution in [-0.4, -0.2) is 45.4 Å². The van der Waals surface area contributed by atoms with Crippen molar-refractivity contribution < 1.29 is 27.8 Å². The maximum atomic E-state index is 12.6. The molecule has 0 aliphatic rings. The summed E-state index contributed by atoms with van der Waals surface area (Å²) in [7, 11) is 2.78. The van der Waals surface area contributed by atoms with Crippen molar-refractivity contribution in [2.24, 2.45) is 7.05 Å². The number of alkyl halides is 3. The van der Waals surface area contributed by atoms with Crippen LogP contribution in [0.2, 0.25) is 0 Å². The van der Waals surface area contributed by atoms with Crippen LogP contribution in [0.15, 0.2) is 29.4 Å². The van der Waals surface area contributed by atoms with Crippen LogP contribution in [0, 0.1) is 0 Å². The van der Waals surface area contributed by atoms with E-state index in [2.05, 4.69) is 10.2 Å². The van der Waals surface area contributed by atoms with E-state index in [1.165, 1.54) is 7.05 Å². The average Bonchev–Trinajstić information content (AvgIpc) is 2.92. The molecule has 0 spiro atoms. The highest BCUT2D eigenvalue weighted by Crippen LogP contribution is 2.29. The normalized spacial score (nSPS) is 12.9. The molecule has 0 radical (unpaired) electrons. The Hall–Kier alpha value is -1.94. The Bertz CT molecular complexity index is 662. The number of rotatable bonds is 7. The van der Waals surface area contributed by atoms with Gasteiger partial charge in [-0.1, -0.05) is 11.8 Å². The number of thioether (sulfide) groups is 1. The second-order valence-electron chi connectivity index (χ2n) is 4.81. The number of hydrogen-bond donors (Lipinski definition) is 1. The van der Waals surface area contributed by atoms with Crippen LogP contribution in [0.5, 0.6) is 11.5 Å². The number of nitrogens with zero attached hydrogens (tertiary/aromatic N) is 3. The first-order valence-corrected chi connectivity index (χ1v) is 7.84. The van der Waals surface area contributed by atoms with Crippen LogP contribution in [0.4, 0.5) is 13.2 Å². The highest BCUT2D eigenvalue weighted by molar-refractivity contribution is 7.99. The zero-order valence-corrected chi connectivity index (χ0v) is 13.8. The van der Waals surface area contributed by atoms with Crippen molar-refractivity contribution in [3.05, 3.63) is 30.1 Å². The van der Waals surface area contributed by atoms with E-state index in [1.807, 2.05) is 0 Å². The van der Waals surface area contributed by atoms with Gasteiger partial charge in [-0.25, -0.2) is 0 Å². The van der Waals surface area contributed by atoms with Crippen molar-refractivity contribution in [1.82, 2.24) is 14.8 Å². The van der Waals surface area contributed by atoms with Crippen LogP contribution in [0.3, 0.4) is 0 Å². The van der Waals surface area contributed by atoms with Crippen molar-refractivity contribution in [3.63, 3.8) is 0 Å². The first-order chi connectivity index (χ1) is 11.3. The SMILES string of the molecule is COc1ccc(OCC(O)CSc2nnc(C(F)(F)F)n2C)cc1. The van der Waals surface area contributed by atoms with Gasteiger partial charge in [-0.05, 0) is 24.3 Å². The van der Waals surface area contributed by atoms with Crippen LogP contribution < -0.4 is 9.47 Å². The number of ether oxygens (including phenoxy) is 2. The van der Waals surface area contributed by atoms with Gasteiger partial charge in [0.2, 0.25) is 5.82 Å². The molecule has 6 nitrogen and oxygen atoms in total. The summed E-state index contributed by atoms with van der Waals surface area (Å²) in [6, 6.07) is 6.82. The lowest BCUT2D eigenvalue weighted by atomic mass is 10.3. The molecule has 10 heteroatoms. The standard InChI is InChI=1S/C14H16F3N3O3S/c1-20-12(14(15,16)17)18-19-13(20)24-8-9(21)7-23-11-5-3-10(22-2)4-6-11/h3-6,9,21H,7-8H2,1-2H3. The number of benzene rings is 1. The second-order valence-corrected chi connectivity index (χ2v) is 5.80. The van der Waals surface area contributed by atoms with Gasteiger partial charge in [0, 0.05) is 12.8 Å². The minimum atomic E-state index is -4.56. The fourth-order valence-corrected chi connectivity index (χ4v) is 2.59. The Morgan fingerprint density at radius 3 is 2.38 bits per heavy atom. The van der Waals surface area contributed by atoms with Crippen molar-refractivity contribution in [2.45, 2.75) is 17.4 Å². The molecule has 1 unspecified atom stereocenters. The zero-order valence-electron chi connectivity index (χ0n) is 12.9. The second kappa shape index (κ2) is 7.75. The molecule has 0 amide bonds. The zero-order chi connectivity index (χ0) is 17.7. The maximum Gasteiger partial charge on any atom is 0.451 e. The molecule has 1 N–H and O–H groups in total. The maximum absolute atomic E-state index is 12.6. The number of methoxy groups -OCH3 is 1. The molecule has 0 aliphatic carbocycles. The van der Waals surface area contributed by atoms with Crippen LogP contribution in [0.25, 0.3) is 0 Å². The Balaban J connectivity index is 1.82. The quantitative estimate of drug-likeness (QED) is 0.762. The van der Waals surface area contributed by atoms with Gasteiger partial charge in [-0.3, -0.25) is 0 Å². The first-order valence-electron chi connectivity index (χ1n) is 6.85. The van der Waals surface area contributed by atoms with Gasteiger partial charge in [-0.2, -0.15) is 13.2 Å². The highest BCUT2D eigenvalue weighted by atomic mass is 32.2. The molecular weight excluding hydrogens is 347 g/mol. The van der Waals surface area contributed by atoms with E-state index in [0.29, 0.717) is 11.5 Å². The van der Waals surface area contributed by atoms with Crippen LogP contribution in [-0.2, 0) is 13.2 Å². The number of aliphatic hydroxyl groups excluding tert-OH is 1. The summed E-state index contributed by atoms with van der Waals surface area (Å²) in [6.07, 6.45) is -5.43. The van der Waals surface area contributed by atoms with Gasteiger partial charge in [0.15, 0.2) is 5.16 Å². The lowest BCUT2D eigenvalue weighted by molar-refractivity contribution is -0.147. The summed E-state index contributed by atoms with van der Waals surface area (Å²) in [5.41, 5.74) is 0. The van der Waals surface area contributed by atoms with Crippen molar-refractivity contribution >= 4 is 11.8 Å². The van der Waals surface area contributed by atoms with Gasteiger partial charge in [0.25, 0.3) is 0 Å². The topological polar surface area (TPSA) is 69.4 Å². The molecule has 0 aliphatic heterocycles. The Labute approximate surface area is 140 Å². The Kier molecular flexibility index (Phi) is 5.94. The Morgan fingerprint density at radius 2 is 1.83 bits per heavy atom. The number of aliphatic hydroxyl groups is 1. The number of hydrogen-bond acceptors (Lipinski definition) is 6. The average molecular weight is 363 g/mol. The van der Waals surface area contributed by atoms with E-state index >= 15 is 0 Å². The molecule has 0 fully saturated rings. The van der Waals surface area contributed by atoms with Gasteiger partial charge in [-0.15, -0.1) is 10.2 Å². The van der Waals surface area contributed by atoms with Gasteiger partial charge < -0.3 is 19.1 Å². The van der Waals surface area contributed by atoms with Gasteiger partial charge >= 0.3 is 6.18 Å². The summed E-state index contributed by atoms with van der Waals surface area (Å²) < 4.78 is 49.1. The molecule has 1 atom stereocenters. The van der Waals surface area contributed by atoms with Gasteiger partial charge in [0.05, 0.1) is 13.2 Å². The lowest BCUT2D eigenvalue weighted by Crippen LogP contribution is -2.20. The first kappa shape index (κ1) is 18.4. The van der Waals surface area contributed by atoms with E-state index < -0.39 is 18.1 Å². The Morgan fingerprint density at radius 1 is 1.21 bits per heavy atom. The fraction of sp³-hybridized carbons (Fsp3) is 0.429. The molecule has 0 bridgehead atoms. The molecular formula is C14H16F3N3O3S. The predicted molar refractivity (Wildman–Crippen MR) is 81.2 cm³/mol. The molecule has 0 saturated heterocycles. The van der Waals surface area contributed by atoms with E-state index in [0.717, 1.165) is 16.3 Å². The summed E-state index contributed by atoms with van der Waals surface area (Å²) in [6.45, 7) is 0.00328. The third-order valence-corrected chi connectivity index (χ3v) is 4.16. The summed E-state index contributed by atoms with van der Waals surface area (Å²) in [5, 5.41) is 16.6.